The smallest absolute Gasteiger partial charge is 0.270 e. The molecule has 2 heterocycles. The van der Waals surface area contributed by atoms with E-state index in [-0.39, 0.29) is 23.8 Å². The summed E-state index contributed by atoms with van der Waals surface area (Å²) in [6.07, 6.45) is 4.52. The van der Waals surface area contributed by atoms with Gasteiger partial charge in [0.15, 0.2) is 0 Å². The van der Waals surface area contributed by atoms with E-state index in [4.69, 9.17) is 0 Å². The quantitative estimate of drug-likeness (QED) is 0.225. The number of halogens is 1. The number of rotatable bonds is 10. The lowest BCUT2D eigenvalue weighted by Gasteiger charge is -2.19. The maximum atomic E-state index is 13.8. The van der Waals surface area contributed by atoms with Crippen LogP contribution in [0.15, 0.2) is 79.0 Å². The maximum Gasteiger partial charge on any atom is 0.270 e. The van der Waals surface area contributed by atoms with Gasteiger partial charge >= 0.3 is 0 Å². The van der Waals surface area contributed by atoms with Gasteiger partial charge in [-0.2, -0.15) is 0 Å². The second-order valence-electron chi connectivity index (χ2n) is 9.86. The Morgan fingerprint density at radius 3 is 2.47 bits per heavy atom. The normalized spacial score (nSPS) is 14.6. The van der Waals surface area contributed by atoms with Crippen molar-refractivity contribution in [3.63, 3.8) is 0 Å². The van der Waals surface area contributed by atoms with Crippen LogP contribution in [-0.2, 0) is 11.3 Å². The lowest BCUT2D eigenvalue weighted by molar-refractivity contribution is -0.384. The Kier molecular flexibility index (Phi) is 7.79. The minimum atomic E-state index is -0.407. The summed E-state index contributed by atoms with van der Waals surface area (Å²) >= 11 is 0. The largest absolute Gasteiger partial charge is 0.355 e. The standard InChI is InChI=1S/C30H31FN4O3/c31-24-10-8-23(9-11-24)26(19-30(36)32-14-17-33-15-4-5-16-33)28-21-34(20-22-6-2-1-3-7-22)29-13-12-25(35(37)38)18-27(28)29/h1-3,6-13,18,21,26H,4-5,14-17,19-20H2,(H,32,36). The lowest BCUT2D eigenvalue weighted by atomic mass is 9.88. The van der Waals surface area contributed by atoms with E-state index in [1.165, 1.54) is 31.0 Å². The second kappa shape index (κ2) is 11.6. The molecule has 1 saturated heterocycles. The van der Waals surface area contributed by atoms with Gasteiger partial charge in [-0.1, -0.05) is 42.5 Å². The molecular weight excluding hydrogens is 483 g/mol. The summed E-state index contributed by atoms with van der Waals surface area (Å²) in [6, 6.07) is 21.0. The third kappa shape index (κ3) is 5.92. The molecule has 196 valence electrons. The van der Waals surface area contributed by atoms with Gasteiger partial charge in [-0.15, -0.1) is 0 Å². The van der Waals surface area contributed by atoms with Crippen molar-refractivity contribution in [1.29, 1.82) is 0 Å². The number of fused-ring (bicyclic) bond motifs is 1. The molecule has 3 aromatic carbocycles. The van der Waals surface area contributed by atoms with E-state index in [0.29, 0.717) is 18.5 Å². The van der Waals surface area contributed by atoms with Crippen molar-refractivity contribution in [1.82, 2.24) is 14.8 Å². The number of hydrogen-bond donors (Lipinski definition) is 1. The number of nitro benzene ring substituents is 1. The van der Waals surface area contributed by atoms with Gasteiger partial charge in [-0.25, -0.2) is 4.39 Å². The SMILES string of the molecule is O=C(CC(c1ccc(F)cc1)c1cn(Cc2ccccc2)c2ccc([N+](=O)[O-])cc12)NCCN1CCCC1. The predicted molar refractivity (Wildman–Crippen MR) is 146 cm³/mol. The zero-order valence-corrected chi connectivity index (χ0v) is 21.2. The van der Waals surface area contributed by atoms with Gasteiger partial charge in [-0.05, 0) is 60.8 Å². The number of nitrogens with one attached hydrogen (secondary N) is 1. The molecule has 1 atom stereocenters. The van der Waals surface area contributed by atoms with Crippen LogP contribution in [0.4, 0.5) is 10.1 Å². The first kappa shape index (κ1) is 25.6. The van der Waals surface area contributed by atoms with E-state index in [0.717, 1.165) is 41.8 Å². The van der Waals surface area contributed by atoms with Crippen molar-refractivity contribution in [2.75, 3.05) is 26.2 Å². The number of likely N-dealkylation sites (tertiary alicyclic amines) is 1. The van der Waals surface area contributed by atoms with E-state index in [1.54, 1.807) is 24.3 Å². The summed E-state index contributed by atoms with van der Waals surface area (Å²) in [5.41, 5.74) is 3.51. The molecule has 7 nitrogen and oxygen atoms in total. The second-order valence-corrected chi connectivity index (χ2v) is 9.86. The van der Waals surface area contributed by atoms with Gasteiger partial charge in [0.1, 0.15) is 5.82 Å². The zero-order valence-electron chi connectivity index (χ0n) is 21.2. The summed E-state index contributed by atoms with van der Waals surface area (Å²) in [4.78, 5) is 26.7. The van der Waals surface area contributed by atoms with Crippen molar-refractivity contribution < 1.29 is 14.1 Å². The zero-order chi connectivity index (χ0) is 26.5. The highest BCUT2D eigenvalue weighted by Crippen LogP contribution is 2.37. The highest BCUT2D eigenvalue weighted by atomic mass is 19.1. The van der Waals surface area contributed by atoms with Gasteiger partial charge < -0.3 is 14.8 Å². The fourth-order valence-electron chi connectivity index (χ4n) is 5.33. The maximum absolute atomic E-state index is 13.8. The molecule has 1 aliphatic rings. The van der Waals surface area contributed by atoms with Crippen molar-refractivity contribution in [3.8, 4) is 0 Å². The summed E-state index contributed by atoms with van der Waals surface area (Å²) in [6.45, 7) is 4.08. The molecule has 8 heteroatoms. The Labute approximate surface area is 221 Å². The van der Waals surface area contributed by atoms with Crippen LogP contribution in [0.3, 0.4) is 0 Å². The number of carbonyl (C=O) groups is 1. The molecular formula is C30H31FN4O3. The average Bonchev–Trinajstić information content (AvgIpc) is 3.56. The molecule has 0 saturated carbocycles. The van der Waals surface area contributed by atoms with E-state index >= 15 is 0 Å². The van der Waals surface area contributed by atoms with Crippen molar-refractivity contribution in [3.05, 3.63) is 112 Å². The Balaban J connectivity index is 1.50. The summed E-state index contributed by atoms with van der Waals surface area (Å²) in [5.74, 6) is -0.860. The number of aromatic nitrogens is 1. The van der Waals surface area contributed by atoms with Crippen LogP contribution in [0.5, 0.6) is 0 Å². The highest BCUT2D eigenvalue weighted by Gasteiger charge is 2.24. The summed E-state index contributed by atoms with van der Waals surface area (Å²) < 4.78 is 15.9. The van der Waals surface area contributed by atoms with Crippen LogP contribution in [0.2, 0.25) is 0 Å². The predicted octanol–water partition coefficient (Wildman–Crippen LogP) is 5.47. The van der Waals surface area contributed by atoms with Crippen LogP contribution in [0.1, 0.15) is 41.9 Å². The van der Waals surface area contributed by atoms with Gasteiger partial charge in [0.2, 0.25) is 5.91 Å². The van der Waals surface area contributed by atoms with Crippen LogP contribution < -0.4 is 5.32 Å². The minimum absolute atomic E-state index is 0.0101. The lowest BCUT2D eigenvalue weighted by Crippen LogP contribution is -2.34. The van der Waals surface area contributed by atoms with Crippen molar-refractivity contribution in [2.45, 2.75) is 31.7 Å². The van der Waals surface area contributed by atoms with E-state index in [9.17, 15) is 19.3 Å². The molecule has 0 bridgehead atoms. The van der Waals surface area contributed by atoms with Gasteiger partial charge in [0.25, 0.3) is 5.69 Å². The number of non-ortho nitro benzene ring substituents is 1. The number of amides is 1. The monoisotopic (exact) mass is 514 g/mol. The fourth-order valence-corrected chi connectivity index (χ4v) is 5.33. The Morgan fingerprint density at radius 2 is 1.76 bits per heavy atom. The van der Waals surface area contributed by atoms with E-state index in [1.807, 2.05) is 36.5 Å². The van der Waals surface area contributed by atoms with Crippen molar-refractivity contribution in [2.24, 2.45) is 0 Å². The molecule has 1 N–H and O–H groups in total. The van der Waals surface area contributed by atoms with Crippen LogP contribution in [0.25, 0.3) is 10.9 Å². The molecule has 38 heavy (non-hydrogen) atoms. The minimum Gasteiger partial charge on any atom is -0.355 e. The van der Waals surface area contributed by atoms with Crippen LogP contribution >= 0.6 is 0 Å². The molecule has 0 radical (unpaired) electrons. The highest BCUT2D eigenvalue weighted by molar-refractivity contribution is 5.88. The molecule has 1 unspecified atom stereocenters. The topological polar surface area (TPSA) is 80.4 Å². The van der Waals surface area contributed by atoms with Gasteiger partial charge in [-0.3, -0.25) is 14.9 Å². The number of hydrogen-bond acceptors (Lipinski definition) is 4. The molecule has 1 fully saturated rings. The van der Waals surface area contributed by atoms with Crippen LogP contribution in [-0.4, -0.2) is 46.5 Å². The number of benzene rings is 3. The summed E-state index contributed by atoms with van der Waals surface area (Å²) in [7, 11) is 0. The Hall–Kier alpha value is -4.04. The molecule has 1 aliphatic heterocycles. The fraction of sp³-hybridized carbons (Fsp3) is 0.300. The molecule has 5 rings (SSSR count). The van der Waals surface area contributed by atoms with Crippen LogP contribution in [0, 0.1) is 15.9 Å². The molecule has 4 aromatic rings. The Bertz CT molecular complexity index is 1410. The summed E-state index contributed by atoms with van der Waals surface area (Å²) in [5, 5.41) is 15.4. The third-order valence-electron chi connectivity index (χ3n) is 7.29. The first-order valence-electron chi connectivity index (χ1n) is 13.0. The molecule has 1 amide bonds. The van der Waals surface area contributed by atoms with Crippen molar-refractivity contribution >= 4 is 22.5 Å². The van der Waals surface area contributed by atoms with E-state index in [2.05, 4.69) is 14.8 Å². The Morgan fingerprint density at radius 1 is 1.03 bits per heavy atom. The first-order valence-corrected chi connectivity index (χ1v) is 13.0. The van der Waals surface area contributed by atoms with Gasteiger partial charge in [0, 0.05) is 61.2 Å². The molecule has 0 spiro atoms. The first-order chi connectivity index (χ1) is 18.5. The molecule has 1 aromatic heterocycles. The number of nitro groups is 1. The van der Waals surface area contributed by atoms with E-state index < -0.39 is 10.8 Å². The average molecular weight is 515 g/mol. The number of carbonyl (C=O) groups excluding carboxylic acids is 1. The number of nitrogens with zero attached hydrogens (tertiary/aromatic N) is 3. The molecule has 0 aliphatic carbocycles. The van der Waals surface area contributed by atoms with Gasteiger partial charge in [0.05, 0.1) is 4.92 Å². The third-order valence-corrected chi connectivity index (χ3v) is 7.29.